The third kappa shape index (κ3) is 4.83. The van der Waals surface area contributed by atoms with E-state index in [-0.39, 0.29) is 0 Å². The fourth-order valence-electron chi connectivity index (χ4n) is 7.74. The molecule has 0 spiro atoms. The number of fused-ring (bicyclic) bond motifs is 8. The van der Waals surface area contributed by atoms with Crippen molar-refractivity contribution < 1.29 is 8.83 Å². The van der Waals surface area contributed by atoms with Gasteiger partial charge >= 0.3 is 0 Å². The molecular formula is C49H29N3O2. The molecule has 0 saturated carbocycles. The van der Waals surface area contributed by atoms with Crippen molar-refractivity contribution in [1.29, 1.82) is 0 Å². The third-order valence-electron chi connectivity index (χ3n) is 10.3. The number of hydrogen-bond acceptors (Lipinski definition) is 5. The second kappa shape index (κ2) is 12.1. The van der Waals surface area contributed by atoms with Crippen LogP contribution in [0.15, 0.2) is 185 Å². The number of nitrogens with zero attached hydrogens (tertiary/aromatic N) is 3. The topological polar surface area (TPSA) is 65.0 Å². The molecule has 252 valence electrons. The van der Waals surface area contributed by atoms with E-state index >= 15 is 0 Å². The van der Waals surface area contributed by atoms with Crippen molar-refractivity contribution in [2.75, 3.05) is 0 Å². The average Bonchev–Trinajstić information content (AvgIpc) is 3.83. The van der Waals surface area contributed by atoms with Gasteiger partial charge in [-0.15, -0.1) is 0 Å². The highest BCUT2D eigenvalue weighted by atomic mass is 16.3. The van der Waals surface area contributed by atoms with E-state index in [0.717, 1.165) is 105 Å². The van der Waals surface area contributed by atoms with Gasteiger partial charge in [-0.25, -0.2) is 15.0 Å². The molecule has 0 fully saturated rings. The molecule has 0 aliphatic heterocycles. The Kier molecular flexibility index (Phi) is 6.79. The molecule has 0 amide bonds. The maximum atomic E-state index is 6.67. The lowest BCUT2D eigenvalue weighted by molar-refractivity contribution is 0.670. The first-order chi connectivity index (χ1) is 26.8. The van der Waals surface area contributed by atoms with Gasteiger partial charge in [-0.1, -0.05) is 152 Å². The van der Waals surface area contributed by atoms with Gasteiger partial charge in [-0.05, 0) is 24.3 Å². The molecule has 5 heteroatoms. The quantitative estimate of drug-likeness (QED) is 0.180. The lowest BCUT2D eigenvalue weighted by Crippen LogP contribution is -1.96. The van der Waals surface area contributed by atoms with Crippen LogP contribution in [-0.4, -0.2) is 15.0 Å². The van der Waals surface area contributed by atoms with Gasteiger partial charge in [-0.2, -0.15) is 0 Å². The first-order valence-corrected chi connectivity index (χ1v) is 18.0. The molecular weight excluding hydrogens is 663 g/mol. The van der Waals surface area contributed by atoms with Crippen molar-refractivity contribution in [2.45, 2.75) is 0 Å². The van der Waals surface area contributed by atoms with Crippen LogP contribution in [0.3, 0.4) is 0 Å². The molecule has 0 saturated heterocycles. The lowest BCUT2D eigenvalue weighted by atomic mass is 9.96. The van der Waals surface area contributed by atoms with E-state index in [9.17, 15) is 0 Å². The van der Waals surface area contributed by atoms with Crippen LogP contribution < -0.4 is 0 Å². The normalized spacial score (nSPS) is 11.7. The van der Waals surface area contributed by atoms with Crippen LogP contribution in [0.5, 0.6) is 0 Å². The minimum absolute atomic E-state index is 0.661. The number of pyridine rings is 1. The zero-order valence-electron chi connectivity index (χ0n) is 28.9. The van der Waals surface area contributed by atoms with Crippen LogP contribution in [0.2, 0.25) is 0 Å². The first kappa shape index (κ1) is 30.3. The molecule has 54 heavy (non-hydrogen) atoms. The largest absolute Gasteiger partial charge is 0.455 e. The second-order valence-corrected chi connectivity index (χ2v) is 13.5. The zero-order chi connectivity index (χ0) is 35.6. The van der Waals surface area contributed by atoms with Gasteiger partial charge in [0.05, 0.1) is 28.0 Å². The fraction of sp³-hybridized carbons (Fsp3) is 0. The molecule has 5 nitrogen and oxygen atoms in total. The zero-order valence-corrected chi connectivity index (χ0v) is 28.9. The monoisotopic (exact) mass is 691 g/mol. The molecule has 4 heterocycles. The maximum Gasteiger partial charge on any atom is 0.160 e. The summed E-state index contributed by atoms with van der Waals surface area (Å²) in [6.07, 6.45) is 0. The summed E-state index contributed by atoms with van der Waals surface area (Å²) in [5.41, 5.74) is 12.7. The predicted octanol–water partition coefficient (Wildman–Crippen LogP) is 13.2. The number of benzene rings is 7. The van der Waals surface area contributed by atoms with Crippen LogP contribution in [0.1, 0.15) is 0 Å². The highest BCUT2D eigenvalue weighted by Gasteiger charge is 2.22. The summed E-state index contributed by atoms with van der Waals surface area (Å²) in [6.45, 7) is 0. The van der Waals surface area contributed by atoms with Crippen LogP contribution in [0.25, 0.3) is 111 Å². The summed E-state index contributed by atoms with van der Waals surface area (Å²) < 4.78 is 13.2. The number of hydrogen-bond donors (Lipinski definition) is 0. The lowest BCUT2D eigenvalue weighted by Gasteiger charge is -2.12. The molecule has 7 aromatic carbocycles. The summed E-state index contributed by atoms with van der Waals surface area (Å²) in [7, 11) is 0. The molecule has 11 aromatic rings. The summed E-state index contributed by atoms with van der Waals surface area (Å²) in [5.74, 6) is 0.661. The Morgan fingerprint density at radius 1 is 0.352 bits per heavy atom. The summed E-state index contributed by atoms with van der Waals surface area (Å²) in [5, 5.41) is 5.13. The van der Waals surface area contributed by atoms with Gasteiger partial charge in [0.15, 0.2) is 5.82 Å². The molecule has 0 aliphatic carbocycles. The van der Waals surface area contributed by atoms with Gasteiger partial charge in [-0.3, -0.25) is 0 Å². The van der Waals surface area contributed by atoms with E-state index in [2.05, 4.69) is 109 Å². The molecule has 0 radical (unpaired) electrons. The molecule has 0 N–H and O–H groups in total. The Morgan fingerprint density at radius 2 is 0.889 bits per heavy atom. The fourth-order valence-corrected chi connectivity index (χ4v) is 7.74. The van der Waals surface area contributed by atoms with E-state index in [4.69, 9.17) is 23.8 Å². The predicted molar refractivity (Wildman–Crippen MR) is 219 cm³/mol. The van der Waals surface area contributed by atoms with Crippen LogP contribution >= 0.6 is 0 Å². The average molecular weight is 692 g/mol. The third-order valence-corrected chi connectivity index (χ3v) is 10.3. The van der Waals surface area contributed by atoms with Gasteiger partial charge in [0.2, 0.25) is 0 Å². The van der Waals surface area contributed by atoms with Gasteiger partial charge in [0.1, 0.15) is 22.3 Å². The summed E-state index contributed by atoms with van der Waals surface area (Å²) in [4.78, 5) is 15.6. The number of furan rings is 2. The minimum Gasteiger partial charge on any atom is -0.455 e. The Labute approximate surface area is 309 Å². The Balaban J connectivity index is 1.11. The highest BCUT2D eigenvalue weighted by molar-refractivity contribution is 6.21. The van der Waals surface area contributed by atoms with E-state index in [0.29, 0.717) is 5.82 Å². The molecule has 0 atom stereocenters. The van der Waals surface area contributed by atoms with Crippen LogP contribution in [0.4, 0.5) is 0 Å². The smallest absolute Gasteiger partial charge is 0.160 e. The van der Waals surface area contributed by atoms with E-state index in [1.165, 1.54) is 0 Å². The summed E-state index contributed by atoms with van der Waals surface area (Å²) >= 11 is 0. The Morgan fingerprint density at radius 3 is 1.59 bits per heavy atom. The van der Waals surface area contributed by atoms with Crippen molar-refractivity contribution in [2.24, 2.45) is 0 Å². The second-order valence-electron chi connectivity index (χ2n) is 13.5. The molecule has 0 unspecified atom stereocenters. The Hall–Kier alpha value is -7.37. The molecule has 0 bridgehead atoms. The van der Waals surface area contributed by atoms with Crippen molar-refractivity contribution in [3.05, 3.63) is 176 Å². The van der Waals surface area contributed by atoms with Crippen molar-refractivity contribution in [3.8, 4) is 56.3 Å². The van der Waals surface area contributed by atoms with Crippen LogP contribution in [-0.2, 0) is 0 Å². The van der Waals surface area contributed by atoms with E-state index in [1.807, 2.05) is 66.7 Å². The number of rotatable bonds is 5. The minimum atomic E-state index is 0.661. The summed E-state index contributed by atoms with van der Waals surface area (Å²) in [6, 6.07) is 60.0. The maximum absolute atomic E-state index is 6.67. The first-order valence-electron chi connectivity index (χ1n) is 18.0. The van der Waals surface area contributed by atoms with Crippen LogP contribution in [0, 0.1) is 0 Å². The van der Waals surface area contributed by atoms with Crippen molar-refractivity contribution in [1.82, 2.24) is 15.0 Å². The Bertz CT molecular complexity index is 3140. The molecule has 11 rings (SSSR count). The molecule has 0 aliphatic rings. The number of para-hydroxylation sites is 4. The van der Waals surface area contributed by atoms with E-state index < -0.39 is 0 Å². The number of aromatic nitrogens is 3. The van der Waals surface area contributed by atoms with Gasteiger partial charge < -0.3 is 8.83 Å². The SMILES string of the molecule is c1ccc(-c2cc(-c3ccccc3)nc(-c3ccc(-c4nc5c(-c6cccc7c6oc6ccccc67)cccc5c5oc6ccccc6c45)cc3)n2)cc1. The molecule has 4 aromatic heterocycles. The standard InChI is InChI=1S/C49H29N3O2/c1-3-13-30(14-4-1)40-29-41(31-15-5-2-6-16-31)51-49(50-40)33-27-25-32(26-28-33)45-44-38-18-8-10-24-43(38)54-48(44)39-22-11-19-35(46(39)52-45)37-21-12-20-36-34-17-7-9-23-42(34)53-47(36)37/h1-29H. The van der Waals surface area contributed by atoms with E-state index in [1.54, 1.807) is 0 Å². The van der Waals surface area contributed by atoms with Crippen molar-refractivity contribution in [3.63, 3.8) is 0 Å². The van der Waals surface area contributed by atoms with Crippen molar-refractivity contribution >= 4 is 54.8 Å². The van der Waals surface area contributed by atoms with Gasteiger partial charge in [0.25, 0.3) is 0 Å². The highest BCUT2D eigenvalue weighted by Crippen LogP contribution is 2.44. The van der Waals surface area contributed by atoms with Gasteiger partial charge in [0, 0.05) is 54.9 Å².